The summed E-state index contributed by atoms with van der Waals surface area (Å²) in [5, 5.41) is 5.30. The normalized spacial score (nSPS) is 17.7. The van der Waals surface area contributed by atoms with Crippen LogP contribution in [0.15, 0.2) is 5.38 Å². The Morgan fingerprint density at radius 2 is 1.96 bits per heavy atom. The van der Waals surface area contributed by atoms with Crippen LogP contribution >= 0.6 is 11.3 Å². The van der Waals surface area contributed by atoms with E-state index in [1.807, 2.05) is 12.3 Å². The number of hydrogen-bond acceptors (Lipinski definition) is 6. The van der Waals surface area contributed by atoms with Crippen LogP contribution in [0.25, 0.3) is 10.8 Å². The molecule has 130 valence electrons. The van der Waals surface area contributed by atoms with Gasteiger partial charge in [0.05, 0.1) is 7.11 Å². The molecule has 2 aromatic heterocycles. The molecule has 0 spiro atoms. The standard InChI is InChI=1S/C15H17F3N4OS/c1-8-7-24-14(19-8)12-21-11(10(16)13(22-12)23-2)20-9-3-5-15(17,18)6-4-9/h7,9H,3-6H2,1-2H3,(H,20,21,22). The number of aryl methyl sites for hydroxylation is 1. The second-order valence-electron chi connectivity index (χ2n) is 5.79. The van der Waals surface area contributed by atoms with Gasteiger partial charge in [-0.3, -0.25) is 0 Å². The topological polar surface area (TPSA) is 59.9 Å². The van der Waals surface area contributed by atoms with Crippen LogP contribution in [-0.4, -0.2) is 34.0 Å². The molecule has 1 saturated carbocycles. The maximum absolute atomic E-state index is 14.4. The molecule has 0 bridgehead atoms. The molecule has 0 amide bonds. The zero-order valence-corrected chi connectivity index (χ0v) is 14.1. The van der Waals surface area contributed by atoms with Crippen molar-refractivity contribution in [2.45, 2.75) is 44.6 Å². The van der Waals surface area contributed by atoms with Gasteiger partial charge < -0.3 is 10.1 Å². The molecule has 0 atom stereocenters. The Morgan fingerprint density at radius 1 is 1.25 bits per heavy atom. The van der Waals surface area contributed by atoms with Gasteiger partial charge in [-0.25, -0.2) is 18.7 Å². The number of methoxy groups -OCH3 is 1. The summed E-state index contributed by atoms with van der Waals surface area (Å²) >= 11 is 1.34. The third kappa shape index (κ3) is 3.61. The molecule has 1 fully saturated rings. The fourth-order valence-corrected chi connectivity index (χ4v) is 3.32. The lowest BCUT2D eigenvalue weighted by molar-refractivity contribution is -0.0361. The Kier molecular flexibility index (Phi) is 4.62. The summed E-state index contributed by atoms with van der Waals surface area (Å²) in [5.41, 5.74) is 0.811. The van der Waals surface area contributed by atoms with E-state index in [0.29, 0.717) is 5.01 Å². The molecular weight excluding hydrogens is 341 g/mol. The minimum absolute atomic E-state index is 0.0417. The van der Waals surface area contributed by atoms with Gasteiger partial charge >= 0.3 is 0 Å². The van der Waals surface area contributed by atoms with Crippen molar-refractivity contribution in [2.75, 3.05) is 12.4 Å². The first kappa shape index (κ1) is 16.9. The highest BCUT2D eigenvalue weighted by molar-refractivity contribution is 7.13. The summed E-state index contributed by atoms with van der Waals surface area (Å²) in [7, 11) is 1.31. The van der Waals surface area contributed by atoms with Gasteiger partial charge in [0.25, 0.3) is 5.88 Å². The minimum Gasteiger partial charge on any atom is -0.479 e. The number of halogens is 3. The van der Waals surface area contributed by atoms with Crippen LogP contribution in [-0.2, 0) is 0 Å². The molecule has 0 aliphatic heterocycles. The molecule has 0 radical (unpaired) electrons. The first-order valence-corrected chi connectivity index (χ1v) is 8.44. The Morgan fingerprint density at radius 3 is 2.54 bits per heavy atom. The first-order chi connectivity index (χ1) is 11.4. The van der Waals surface area contributed by atoms with E-state index >= 15 is 0 Å². The Hall–Kier alpha value is -1.90. The van der Waals surface area contributed by atoms with Crippen LogP contribution in [0, 0.1) is 12.7 Å². The number of ether oxygens (including phenoxy) is 1. The van der Waals surface area contributed by atoms with Crippen molar-refractivity contribution in [3.63, 3.8) is 0 Å². The number of alkyl halides is 2. The van der Waals surface area contributed by atoms with E-state index in [9.17, 15) is 13.2 Å². The van der Waals surface area contributed by atoms with E-state index in [4.69, 9.17) is 4.74 Å². The van der Waals surface area contributed by atoms with Gasteiger partial charge in [0.15, 0.2) is 16.6 Å². The number of nitrogens with one attached hydrogen (secondary N) is 1. The molecular formula is C15H17F3N4OS. The number of anilines is 1. The van der Waals surface area contributed by atoms with E-state index in [2.05, 4.69) is 20.3 Å². The summed E-state index contributed by atoms with van der Waals surface area (Å²) in [6.45, 7) is 1.84. The molecule has 3 rings (SSSR count). The van der Waals surface area contributed by atoms with Crippen LogP contribution in [0.4, 0.5) is 19.0 Å². The zero-order valence-electron chi connectivity index (χ0n) is 13.3. The SMILES string of the molecule is COc1nc(-c2nc(C)cs2)nc(NC2CCC(F)(F)CC2)c1F. The Labute approximate surface area is 141 Å². The van der Waals surface area contributed by atoms with Crippen LogP contribution in [0.3, 0.4) is 0 Å². The number of hydrogen-bond donors (Lipinski definition) is 1. The number of thiazole rings is 1. The highest BCUT2D eigenvalue weighted by Crippen LogP contribution is 2.35. The number of rotatable bonds is 4. The van der Waals surface area contributed by atoms with E-state index in [1.54, 1.807) is 0 Å². The smallest absolute Gasteiger partial charge is 0.256 e. The molecule has 1 aliphatic rings. The molecule has 2 heterocycles. The monoisotopic (exact) mass is 358 g/mol. The second-order valence-corrected chi connectivity index (χ2v) is 6.65. The summed E-state index contributed by atoms with van der Waals surface area (Å²) in [5.74, 6) is -3.36. The first-order valence-electron chi connectivity index (χ1n) is 7.56. The molecule has 9 heteroatoms. The van der Waals surface area contributed by atoms with Gasteiger partial charge in [0.1, 0.15) is 0 Å². The molecule has 1 aliphatic carbocycles. The van der Waals surface area contributed by atoms with Gasteiger partial charge in [-0.05, 0) is 19.8 Å². The fourth-order valence-electron chi connectivity index (χ4n) is 2.59. The van der Waals surface area contributed by atoms with Crippen LogP contribution in [0.5, 0.6) is 5.88 Å². The van der Waals surface area contributed by atoms with Crippen LogP contribution in [0.1, 0.15) is 31.4 Å². The summed E-state index contributed by atoms with van der Waals surface area (Å²) in [4.78, 5) is 12.5. The van der Waals surface area contributed by atoms with Crippen molar-refractivity contribution in [1.29, 1.82) is 0 Å². The predicted octanol–water partition coefficient (Wildman–Crippen LogP) is 4.05. The molecule has 24 heavy (non-hydrogen) atoms. The fraction of sp³-hybridized carbons (Fsp3) is 0.533. The average Bonchev–Trinajstić information content (AvgIpc) is 2.98. The molecule has 1 N–H and O–H groups in total. The van der Waals surface area contributed by atoms with Crippen molar-refractivity contribution in [3.8, 4) is 16.7 Å². The maximum Gasteiger partial charge on any atom is 0.256 e. The van der Waals surface area contributed by atoms with Gasteiger partial charge in [0.2, 0.25) is 11.7 Å². The minimum atomic E-state index is -2.64. The lowest BCUT2D eigenvalue weighted by atomic mass is 9.92. The molecule has 2 aromatic rings. The third-order valence-electron chi connectivity index (χ3n) is 3.88. The summed E-state index contributed by atoms with van der Waals surface area (Å²) in [6, 6.07) is -0.260. The largest absolute Gasteiger partial charge is 0.479 e. The Balaban J connectivity index is 1.86. The van der Waals surface area contributed by atoms with Crippen molar-refractivity contribution in [1.82, 2.24) is 15.0 Å². The lowest BCUT2D eigenvalue weighted by Crippen LogP contribution is -2.32. The average molecular weight is 358 g/mol. The predicted molar refractivity (Wildman–Crippen MR) is 85.2 cm³/mol. The van der Waals surface area contributed by atoms with E-state index in [-0.39, 0.29) is 49.2 Å². The van der Waals surface area contributed by atoms with Crippen LogP contribution in [0.2, 0.25) is 0 Å². The van der Waals surface area contributed by atoms with E-state index in [1.165, 1.54) is 18.4 Å². The van der Waals surface area contributed by atoms with E-state index in [0.717, 1.165) is 5.69 Å². The molecule has 0 unspecified atom stereocenters. The Bertz CT molecular complexity index is 728. The van der Waals surface area contributed by atoms with Gasteiger partial charge in [-0.15, -0.1) is 11.3 Å². The van der Waals surface area contributed by atoms with E-state index < -0.39 is 11.7 Å². The molecule has 5 nitrogen and oxygen atoms in total. The number of nitrogens with zero attached hydrogens (tertiary/aromatic N) is 3. The third-order valence-corrected chi connectivity index (χ3v) is 4.84. The zero-order chi connectivity index (χ0) is 17.3. The molecule has 0 aromatic carbocycles. The molecule has 0 saturated heterocycles. The number of aromatic nitrogens is 3. The van der Waals surface area contributed by atoms with Crippen LogP contribution < -0.4 is 10.1 Å². The van der Waals surface area contributed by atoms with Gasteiger partial charge in [-0.2, -0.15) is 9.37 Å². The van der Waals surface area contributed by atoms with Crippen molar-refractivity contribution in [3.05, 3.63) is 16.9 Å². The van der Waals surface area contributed by atoms with Gasteiger partial charge in [0, 0.05) is 30.0 Å². The highest BCUT2D eigenvalue weighted by Gasteiger charge is 2.35. The van der Waals surface area contributed by atoms with Crippen molar-refractivity contribution >= 4 is 17.2 Å². The summed E-state index contributed by atoms with van der Waals surface area (Å²) < 4.78 is 45.9. The summed E-state index contributed by atoms with van der Waals surface area (Å²) in [6.07, 6.45) is 0.0783. The lowest BCUT2D eigenvalue weighted by Gasteiger charge is -2.29. The van der Waals surface area contributed by atoms with Gasteiger partial charge in [-0.1, -0.05) is 0 Å². The van der Waals surface area contributed by atoms with Crippen molar-refractivity contribution in [2.24, 2.45) is 0 Å². The quantitative estimate of drug-likeness (QED) is 0.894. The second kappa shape index (κ2) is 6.54. The highest BCUT2D eigenvalue weighted by atomic mass is 32.1. The van der Waals surface area contributed by atoms with Crippen molar-refractivity contribution < 1.29 is 17.9 Å². The maximum atomic E-state index is 14.4.